The van der Waals surface area contributed by atoms with Crippen molar-refractivity contribution in [1.29, 1.82) is 0 Å². The molecule has 0 atom stereocenters. The third-order valence-corrected chi connectivity index (χ3v) is 5.04. The number of hydrogen-bond donors (Lipinski definition) is 1. The van der Waals surface area contributed by atoms with Gasteiger partial charge in [0.15, 0.2) is 15.8 Å². The number of aromatic nitrogens is 3. The molecule has 1 amide bonds. The van der Waals surface area contributed by atoms with E-state index in [1.807, 2.05) is 0 Å². The predicted molar refractivity (Wildman–Crippen MR) is 95.7 cm³/mol. The second-order valence-corrected chi connectivity index (χ2v) is 7.19. The summed E-state index contributed by atoms with van der Waals surface area (Å²) in [5.74, 6) is 0.808. The Kier molecular flexibility index (Phi) is 5.29. The Morgan fingerprint density at radius 3 is 2.92 bits per heavy atom. The van der Waals surface area contributed by atoms with E-state index in [4.69, 9.17) is 16.1 Å². The van der Waals surface area contributed by atoms with Crippen molar-refractivity contribution in [2.45, 2.75) is 4.34 Å². The third-order valence-electron chi connectivity index (χ3n) is 2.82. The van der Waals surface area contributed by atoms with Gasteiger partial charge in [-0.1, -0.05) is 45.9 Å². The highest BCUT2D eigenvalue weighted by molar-refractivity contribution is 8.01. The lowest BCUT2D eigenvalue weighted by Gasteiger charge is -1.95. The molecule has 6 nitrogen and oxygen atoms in total. The van der Waals surface area contributed by atoms with Crippen molar-refractivity contribution in [3.63, 3.8) is 0 Å². The first kappa shape index (κ1) is 16.7. The fourth-order valence-electron chi connectivity index (χ4n) is 1.74. The first-order valence-corrected chi connectivity index (χ1v) is 8.95. The standard InChI is InChI=1S/C15H11ClN4O2S2/c1-2-7-23-15-19-18-14(24-15)17-13(21)11-8-12(22-20-11)9-3-5-10(16)6-4-9/h2-6,8H,1,7H2,(H,17,18,21). The molecule has 0 saturated heterocycles. The van der Waals surface area contributed by atoms with Crippen LogP contribution in [0.25, 0.3) is 11.3 Å². The van der Waals surface area contributed by atoms with Gasteiger partial charge in [0.2, 0.25) is 5.13 Å². The SMILES string of the molecule is C=CCSc1nnc(NC(=O)c2cc(-c3ccc(Cl)cc3)on2)s1. The molecule has 24 heavy (non-hydrogen) atoms. The Balaban J connectivity index is 1.68. The number of anilines is 1. The number of carbonyl (C=O) groups excluding carboxylic acids is 1. The number of carbonyl (C=O) groups is 1. The van der Waals surface area contributed by atoms with E-state index >= 15 is 0 Å². The van der Waals surface area contributed by atoms with E-state index in [-0.39, 0.29) is 5.69 Å². The summed E-state index contributed by atoms with van der Waals surface area (Å²) < 4.78 is 5.96. The highest BCUT2D eigenvalue weighted by Crippen LogP contribution is 2.26. The molecule has 0 saturated carbocycles. The van der Waals surface area contributed by atoms with Crippen molar-refractivity contribution < 1.29 is 9.32 Å². The lowest BCUT2D eigenvalue weighted by Crippen LogP contribution is -2.11. The fraction of sp³-hybridized carbons (Fsp3) is 0.0667. The Labute approximate surface area is 150 Å². The van der Waals surface area contributed by atoms with Crippen LogP contribution in [0.2, 0.25) is 5.02 Å². The minimum atomic E-state index is -0.407. The van der Waals surface area contributed by atoms with Crippen LogP contribution in [0.4, 0.5) is 5.13 Å². The predicted octanol–water partition coefficient (Wildman–Crippen LogP) is 4.38. The highest BCUT2D eigenvalue weighted by Gasteiger charge is 2.16. The quantitative estimate of drug-likeness (QED) is 0.389. The van der Waals surface area contributed by atoms with E-state index in [9.17, 15) is 4.79 Å². The Morgan fingerprint density at radius 2 is 2.17 bits per heavy atom. The molecule has 3 aromatic rings. The van der Waals surface area contributed by atoms with Gasteiger partial charge in [-0.25, -0.2) is 0 Å². The Hall–Kier alpha value is -2.16. The third kappa shape index (κ3) is 4.02. The van der Waals surface area contributed by atoms with Gasteiger partial charge in [0.05, 0.1) is 0 Å². The minimum absolute atomic E-state index is 0.162. The Morgan fingerprint density at radius 1 is 1.38 bits per heavy atom. The first-order valence-electron chi connectivity index (χ1n) is 6.77. The van der Waals surface area contributed by atoms with Crippen molar-refractivity contribution in [3.05, 3.63) is 53.7 Å². The molecule has 2 heterocycles. The molecule has 0 spiro atoms. The van der Waals surface area contributed by atoms with Crippen LogP contribution in [0.3, 0.4) is 0 Å². The van der Waals surface area contributed by atoms with Gasteiger partial charge < -0.3 is 4.52 Å². The maximum atomic E-state index is 12.2. The molecule has 2 aromatic heterocycles. The van der Waals surface area contributed by atoms with Crippen LogP contribution < -0.4 is 5.32 Å². The van der Waals surface area contributed by atoms with Crippen molar-refractivity contribution in [2.75, 3.05) is 11.1 Å². The number of nitrogens with zero attached hydrogens (tertiary/aromatic N) is 3. The molecule has 0 radical (unpaired) electrons. The van der Waals surface area contributed by atoms with Gasteiger partial charge in [-0.15, -0.1) is 16.8 Å². The van der Waals surface area contributed by atoms with E-state index in [0.29, 0.717) is 15.9 Å². The number of amides is 1. The van der Waals surface area contributed by atoms with Gasteiger partial charge in [-0.3, -0.25) is 10.1 Å². The van der Waals surface area contributed by atoms with E-state index in [1.54, 1.807) is 36.4 Å². The van der Waals surface area contributed by atoms with Crippen LogP contribution in [-0.4, -0.2) is 27.0 Å². The topological polar surface area (TPSA) is 80.9 Å². The van der Waals surface area contributed by atoms with Crippen molar-refractivity contribution >= 4 is 45.7 Å². The van der Waals surface area contributed by atoms with E-state index in [2.05, 4.69) is 27.2 Å². The van der Waals surface area contributed by atoms with Gasteiger partial charge in [-0.05, 0) is 24.3 Å². The summed E-state index contributed by atoms with van der Waals surface area (Å²) in [4.78, 5) is 12.2. The summed E-state index contributed by atoms with van der Waals surface area (Å²) in [7, 11) is 0. The van der Waals surface area contributed by atoms with Crippen LogP contribution in [-0.2, 0) is 0 Å². The van der Waals surface area contributed by atoms with Gasteiger partial charge in [0, 0.05) is 22.4 Å². The molecular weight excluding hydrogens is 368 g/mol. The van der Waals surface area contributed by atoms with Gasteiger partial charge in [0.25, 0.3) is 5.91 Å². The number of rotatable bonds is 6. The second kappa shape index (κ2) is 7.61. The maximum Gasteiger partial charge on any atom is 0.279 e. The molecule has 122 valence electrons. The summed E-state index contributed by atoms with van der Waals surface area (Å²) in [6.07, 6.45) is 1.78. The van der Waals surface area contributed by atoms with Crippen LogP contribution in [0.5, 0.6) is 0 Å². The van der Waals surface area contributed by atoms with E-state index in [0.717, 1.165) is 15.7 Å². The molecule has 9 heteroatoms. The fourth-order valence-corrected chi connectivity index (χ4v) is 3.38. The first-order chi connectivity index (χ1) is 11.7. The second-order valence-electron chi connectivity index (χ2n) is 4.51. The molecule has 1 aromatic carbocycles. The molecule has 0 fully saturated rings. The van der Waals surface area contributed by atoms with Crippen molar-refractivity contribution in [2.24, 2.45) is 0 Å². The summed E-state index contributed by atoms with van der Waals surface area (Å²) in [6, 6.07) is 8.62. The van der Waals surface area contributed by atoms with Gasteiger partial charge in [-0.2, -0.15) is 0 Å². The summed E-state index contributed by atoms with van der Waals surface area (Å²) in [5.41, 5.74) is 0.945. The lowest BCUT2D eigenvalue weighted by atomic mass is 10.1. The van der Waals surface area contributed by atoms with Gasteiger partial charge in [0.1, 0.15) is 0 Å². The normalized spacial score (nSPS) is 10.5. The van der Waals surface area contributed by atoms with E-state index in [1.165, 1.54) is 23.1 Å². The van der Waals surface area contributed by atoms with Crippen molar-refractivity contribution in [3.8, 4) is 11.3 Å². The molecule has 0 aliphatic heterocycles. The lowest BCUT2D eigenvalue weighted by molar-refractivity contribution is 0.101. The zero-order chi connectivity index (χ0) is 16.9. The Bertz CT molecular complexity index is 860. The minimum Gasteiger partial charge on any atom is -0.355 e. The van der Waals surface area contributed by atoms with E-state index < -0.39 is 5.91 Å². The molecule has 1 N–H and O–H groups in total. The molecule has 0 aliphatic carbocycles. The smallest absolute Gasteiger partial charge is 0.279 e. The number of benzene rings is 1. The summed E-state index contributed by atoms with van der Waals surface area (Å²) in [5, 5.41) is 15.4. The molecule has 0 aliphatic rings. The van der Waals surface area contributed by atoms with Gasteiger partial charge >= 0.3 is 0 Å². The van der Waals surface area contributed by atoms with Crippen LogP contribution >= 0.6 is 34.7 Å². The molecule has 0 bridgehead atoms. The molecule has 0 unspecified atom stereocenters. The average Bonchev–Trinajstić information content (AvgIpc) is 3.23. The largest absolute Gasteiger partial charge is 0.355 e. The monoisotopic (exact) mass is 378 g/mol. The number of thioether (sulfide) groups is 1. The number of nitrogens with one attached hydrogen (secondary N) is 1. The zero-order valence-corrected chi connectivity index (χ0v) is 14.6. The van der Waals surface area contributed by atoms with Crippen LogP contribution in [0.15, 0.2) is 51.8 Å². The zero-order valence-electron chi connectivity index (χ0n) is 12.2. The average molecular weight is 379 g/mol. The summed E-state index contributed by atoms with van der Waals surface area (Å²) in [6.45, 7) is 3.64. The number of hydrogen-bond acceptors (Lipinski definition) is 7. The maximum absolute atomic E-state index is 12.2. The van der Waals surface area contributed by atoms with Crippen molar-refractivity contribution in [1.82, 2.24) is 15.4 Å². The molecule has 3 rings (SSSR count). The molecular formula is C15H11ClN4O2S2. The van der Waals surface area contributed by atoms with Crippen LogP contribution in [0.1, 0.15) is 10.5 Å². The number of halogens is 1. The van der Waals surface area contributed by atoms with Crippen LogP contribution in [0, 0.1) is 0 Å². The highest BCUT2D eigenvalue weighted by atomic mass is 35.5. The summed E-state index contributed by atoms with van der Waals surface area (Å²) >= 11 is 8.64.